The molecule has 1 aliphatic rings. The van der Waals surface area contributed by atoms with Crippen molar-refractivity contribution in [1.82, 2.24) is 0 Å². The van der Waals surface area contributed by atoms with Crippen LogP contribution in [0, 0.1) is 6.92 Å². The molecular weight excluding hydrogens is 274 g/mol. The quantitative estimate of drug-likeness (QED) is 0.635. The van der Waals surface area contributed by atoms with Crippen molar-refractivity contribution in [3.05, 3.63) is 77.4 Å². The molecule has 0 aliphatic carbocycles. The first-order valence-electron chi connectivity index (χ1n) is 7.13. The first-order chi connectivity index (χ1) is 10.6. The minimum Gasteiger partial charge on any atom is -0.268 e. The Balaban J connectivity index is 1.90. The maximum atomic E-state index is 12.7. The van der Waals surface area contributed by atoms with Crippen LogP contribution >= 0.6 is 0 Å². The Morgan fingerprint density at radius 3 is 1.86 bits per heavy atom. The minimum atomic E-state index is -0.253. The number of carbonyl (C=O) groups is 2. The predicted molar refractivity (Wildman–Crippen MR) is 86.3 cm³/mol. The molecule has 3 nitrogen and oxygen atoms in total. The lowest BCUT2D eigenvalue weighted by atomic mass is 10.0. The summed E-state index contributed by atoms with van der Waals surface area (Å²) in [6, 6.07) is 18.8. The molecule has 0 radical (unpaired) electrons. The molecule has 0 N–H and O–H groups in total. The number of imide groups is 1. The molecule has 0 bridgehead atoms. The number of hydrogen-bond acceptors (Lipinski definition) is 2. The van der Waals surface area contributed by atoms with Gasteiger partial charge in [-0.2, -0.15) is 0 Å². The summed E-state index contributed by atoms with van der Waals surface area (Å²) in [6.45, 7) is 1.94. The van der Waals surface area contributed by atoms with Crippen LogP contribution < -0.4 is 4.90 Å². The van der Waals surface area contributed by atoms with Crippen LogP contribution in [0.3, 0.4) is 0 Å². The van der Waals surface area contributed by atoms with E-state index in [1.54, 1.807) is 18.2 Å². The van der Waals surface area contributed by atoms with E-state index in [2.05, 4.69) is 0 Å². The first kappa shape index (κ1) is 12.8. The summed E-state index contributed by atoms with van der Waals surface area (Å²) < 4.78 is 0. The highest BCUT2D eigenvalue weighted by Crippen LogP contribution is 2.31. The van der Waals surface area contributed by atoms with Crippen LogP contribution in [0.15, 0.2) is 60.7 Å². The van der Waals surface area contributed by atoms with Crippen molar-refractivity contribution in [2.75, 3.05) is 4.90 Å². The Labute approximate surface area is 127 Å². The molecule has 0 saturated heterocycles. The second-order valence-corrected chi connectivity index (χ2v) is 5.53. The summed E-state index contributed by atoms with van der Waals surface area (Å²) in [7, 11) is 0. The highest BCUT2D eigenvalue weighted by Gasteiger charge is 2.36. The Bertz CT molecular complexity index is 889. The van der Waals surface area contributed by atoms with Gasteiger partial charge in [0.25, 0.3) is 11.8 Å². The summed E-state index contributed by atoms with van der Waals surface area (Å²) in [5, 5.41) is 1.93. The van der Waals surface area contributed by atoms with Crippen LogP contribution in [0.1, 0.15) is 26.3 Å². The average Bonchev–Trinajstić information content (AvgIpc) is 2.76. The Kier molecular flexibility index (Phi) is 2.63. The molecule has 4 rings (SSSR count). The van der Waals surface area contributed by atoms with E-state index >= 15 is 0 Å². The van der Waals surface area contributed by atoms with Crippen LogP contribution in [0.2, 0.25) is 0 Å². The third-order valence-electron chi connectivity index (χ3n) is 4.01. The van der Waals surface area contributed by atoms with E-state index in [1.807, 2.05) is 49.4 Å². The fraction of sp³-hybridized carbons (Fsp3) is 0.0526. The second-order valence-electron chi connectivity index (χ2n) is 5.53. The number of anilines is 1. The number of aryl methyl sites for hydroxylation is 1. The summed E-state index contributed by atoms with van der Waals surface area (Å²) in [5.41, 5.74) is 2.59. The van der Waals surface area contributed by atoms with Crippen LogP contribution in [0.4, 0.5) is 5.69 Å². The highest BCUT2D eigenvalue weighted by atomic mass is 16.2. The number of benzene rings is 3. The maximum Gasteiger partial charge on any atom is 0.266 e. The van der Waals surface area contributed by atoms with Gasteiger partial charge in [-0.1, -0.05) is 36.4 Å². The molecule has 2 amide bonds. The molecule has 0 saturated carbocycles. The van der Waals surface area contributed by atoms with Gasteiger partial charge in [0.15, 0.2) is 0 Å². The van der Waals surface area contributed by atoms with Crippen LogP contribution in [-0.4, -0.2) is 11.8 Å². The van der Waals surface area contributed by atoms with Crippen LogP contribution in [0.25, 0.3) is 10.8 Å². The van der Waals surface area contributed by atoms with Crippen molar-refractivity contribution in [1.29, 1.82) is 0 Å². The molecule has 1 heterocycles. The lowest BCUT2D eigenvalue weighted by Gasteiger charge is -2.14. The monoisotopic (exact) mass is 287 g/mol. The maximum absolute atomic E-state index is 12.7. The van der Waals surface area contributed by atoms with Crippen LogP contribution in [-0.2, 0) is 0 Å². The molecule has 0 unspecified atom stereocenters. The van der Waals surface area contributed by atoms with E-state index in [0.717, 1.165) is 16.3 Å². The topological polar surface area (TPSA) is 37.4 Å². The van der Waals surface area contributed by atoms with Crippen molar-refractivity contribution in [3.63, 3.8) is 0 Å². The van der Waals surface area contributed by atoms with E-state index < -0.39 is 0 Å². The SMILES string of the molecule is Cc1cccc(N2C(=O)c3cc4ccccc4cc3C2=O)c1. The van der Waals surface area contributed by atoms with Crippen molar-refractivity contribution in [2.45, 2.75) is 6.92 Å². The van der Waals surface area contributed by atoms with E-state index in [4.69, 9.17) is 0 Å². The molecule has 22 heavy (non-hydrogen) atoms. The van der Waals surface area contributed by atoms with E-state index in [-0.39, 0.29) is 11.8 Å². The third kappa shape index (κ3) is 1.76. The summed E-state index contributed by atoms with van der Waals surface area (Å²) in [4.78, 5) is 26.6. The number of carbonyl (C=O) groups excluding carboxylic acids is 2. The van der Waals surface area contributed by atoms with Crippen LogP contribution in [0.5, 0.6) is 0 Å². The van der Waals surface area contributed by atoms with Crippen molar-refractivity contribution in [2.24, 2.45) is 0 Å². The van der Waals surface area contributed by atoms with E-state index in [9.17, 15) is 9.59 Å². The standard InChI is InChI=1S/C19H13NO2/c1-12-5-4-8-15(9-12)20-18(21)16-10-13-6-2-3-7-14(13)11-17(16)19(20)22/h2-11H,1H3. The van der Waals surface area contributed by atoms with Gasteiger partial charge in [0.1, 0.15) is 0 Å². The number of rotatable bonds is 1. The first-order valence-corrected chi connectivity index (χ1v) is 7.13. The molecule has 3 heteroatoms. The molecule has 0 atom stereocenters. The van der Waals surface area contributed by atoms with Gasteiger partial charge in [-0.15, -0.1) is 0 Å². The second kappa shape index (κ2) is 4.53. The summed E-state index contributed by atoms with van der Waals surface area (Å²) in [6.07, 6.45) is 0. The molecule has 0 fully saturated rings. The van der Waals surface area contributed by atoms with Gasteiger partial charge in [0.2, 0.25) is 0 Å². The fourth-order valence-electron chi connectivity index (χ4n) is 2.93. The van der Waals surface area contributed by atoms with E-state index in [1.165, 1.54) is 4.90 Å². The number of nitrogens with zero attached hydrogens (tertiary/aromatic N) is 1. The Morgan fingerprint density at radius 1 is 0.727 bits per heavy atom. The number of fused-ring (bicyclic) bond motifs is 2. The largest absolute Gasteiger partial charge is 0.268 e. The average molecular weight is 287 g/mol. The summed E-state index contributed by atoms with van der Waals surface area (Å²) in [5.74, 6) is -0.507. The van der Waals surface area contributed by atoms with Crippen molar-refractivity contribution in [3.8, 4) is 0 Å². The molecule has 0 aromatic heterocycles. The minimum absolute atomic E-state index is 0.253. The zero-order valence-corrected chi connectivity index (χ0v) is 12.0. The lowest BCUT2D eigenvalue weighted by Crippen LogP contribution is -2.29. The van der Waals surface area contributed by atoms with Gasteiger partial charge < -0.3 is 0 Å². The molecule has 106 valence electrons. The highest BCUT2D eigenvalue weighted by molar-refractivity contribution is 6.35. The molecule has 3 aromatic rings. The fourth-order valence-corrected chi connectivity index (χ4v) is 2.93. The Hall–Kier alpha value is -2.94. The van der Waals surface area contributed by atoms with Gasteiger partial charge in [0, 0.05) is 0 Å². The predicted octanol–water partition coefficient (Wildman–Crippen LogP) is 3.95. The smallest absolute Gasteiger partial charge is 0.266 e. The van der Waals surface area contributed by atoms with Gasteiger partial charge in [-0.05, 0) is 47.5 Å². The van der Waals surface area contributed by atoms with Gasteiger partial charge in [-0.25, -0.2) is 4.90 Å². The van der Waals surface area contributed by atoms with Crippen molar-refractivity contribution >= 4 is 28.3 Å². The third-order valence-corrected chi connectivity index (χ3v) is 4.01. The Morgan fingerprint density at radius 2 is 1.32 bits per heavy atom. The molecule has 1 aliphatic heterocycles. The normalized spacial score (nSPS) is 13.8. The lowest BCUT2D eigenvalue weighted by molar-refractivity contribution is 0.0926. The summed E-state index contributed by atoms with van der Waals surface area (Å²) >= 11 is 0. The van der Waals surface area contributed by atoms with Crippen molar-refractivity contribution < 1.29 is 9.59 Å². The van der Waals surface area contributed by atoms with Gasteiger partial charge in [0.05, 0.1) is 16.8 Å². The van der Waals surface area contributed by atoms with E-state index in [0.29, 0.717) is 16.8 Å². The molecule has 3 aromatic carbocycles. The molecular formula is C19H13NO2. The zero-order valence-electron chi connectivity index (χ0n) is 12.0. The molecule has 0 spiro atoms. The number of amides is 2. The zero-order chi connectivity index (χ0) is 15.3. The van der Waals surface area contributed by atoms with Gasteiger partial charge >= 0.3 is 0 Å². The number of hydrogen-bond donors (Lipinski definition) is 0. The van der Waals surface area contributed by atoms with Gasteiger partial charge in [-0.3, -0.25) is 9.59 Å².